The molecule has 228 valence electrons. The zero-order valence-electron chi connectivity index (χ0n) is 23.7. The highest BCUT2D eigenvalue weighted by molar-refractivity contribution is 7.76. The van der Waals surface area contributed by atoms with Crippen LogP contribution in [-0.2, 0) is 20.7 Å². The van der Waals surface area contributed by atoms with Crippen LogP contribution in [0.25, 0.3) is 0 Å². The molecule has 0 bridgehead atoms. The molecule has 5 heterocycles. The van der Waals surface area contributed by atoms with Crippen molar-refractivity contribution >= 4 is 23.1 Å². The van der Waals surface area contributed by atoms with Crippen LogP contribution in [0.3, 0.4) is 0 Å². The fraction of sp³-hybridized carbons (Fsp3) is 0.607. The summed E-state index contributed by atoms with van der Waals surface area (Å²) in [6.07, 6.45) is 8.08. The molecule has 4 saturated heterocycles. The van der Waals surface area contributed by atoms with Gasteiger partial charge in [-0.05, 0) is 63.4 Å². The first-order valence-electron chi connectivity index (χ1n) is 14.4. The monoisotopic (exact) mass is 604 g/mol. The van der Waals surface area contributed by atoms with Gasteiger partial charge in [-0.3, -0.25) is 4.55 Å². The van der Waals surface area contributed by atoms with Gasteiger partial charge in [-0.1, -0.05) is 0 Å². The Kier molecular flexibility index (Phi) is 8.70. The molecule has 0 saturated carbocycles. The summed E-state index contributed by atoms with van der Waals surface area (Å²) in [5.74, 6) is -0.0367. The van der Waals surface area contributed by atoms with Crippen molar-refractivity contribution in [1.82, 2.24) is 24.3 Å². The molecule has 4 aliphatic rings. The molecule has 1 aromatic carbocycles. The van der Waals surface area contributed by atoms with Gasteiger partial charge in [0.05, 0.1) is 32.1 Å². The van der Waals surface area contributed by atoms with E-state index in [1.807, 2.05) is 5.01 Å². The van der Waals surface area contributed by atoms with Gasteiger partial charge in [0.15, 0.2) is 11.6 Å². The van der Waals surface area contributed by atoms with E-state index in [2.05, 4.69) is 19.8 Å². The number of hydrogen-bond acceptors (Lipinski definition) is 10. The van der Waals surface area contributed by atoms with Crippen LogP contribution in [0.1, 0.15) is 42.5 Å². The second-order valence-electron chi connectivity index (χ2n) is 11.6. The van der Waals surface area contributed by atoms with Crippen LogP contribution in [-0.4, -0.2) is 111 Å². The van der Waals surface area contributed by atoms with E-state index in [9.17, 15) is 17.9 Å². The van der Waals surface area contributed by atoms with Crippen LogP contribution in [0.4, 0.5) is 10.2 Å². The van der Waals surface area contributed by atoms with Crippen molar-refractivity contribution < 1.29 is 32.2 Å². The number of ether oxygens (including phenoxy) is 3. The zero-order chi connectivity index (χ0) is 29.3. The standard InChI is InChI=1S/C28H37FN6O6S/c1-39-27(36)23-13-20(29)3-6-24(23)41-25-14-30-19-31-26(25)33-17-28(18-33)7-11-32(12-8-28)15-22-5-4-21(16-40-22)35(42(37)38)34-9-2-10-34/h3,6,13-14,19,21-22H,2,4-5,7-12,15-18H2,1H3,(H,37,38)/t21-,22+/m1/s1. The molecule has 1 aromatic heterocycles. The van der Waals surface area contributed by atoms with Gasteiger partial charge in [-0.2, -0.15) is 0 Å². The van der Waals surface area contributed by atoms with Gasteiger partial charge in [0.2, 0.25) is 11.3 Å². The number of likely N-dealkylation sites (tertiary alicyclic amines) is 1. The average molecular weight is 605 g/mol. The van der Waals surface area contributed by atoms with Crippen molar-refractivity contribution in [2.24, 2.45) is 5.41 Å². The van der Waals surface area contributed by atoms with Crippen LogP contribution in [0.2, 0.25) is 0 Å². The third-order valence-corrected chi connectivity index (χ3v) is 9.74. The van der Waals surface area contributed by atoms with E-state index in [-0.39, 0.29) is 28.9 Å². The molecule has 6 rings (SSSR count). The van der Waals surface area contributed by atoms with E-state index in [0.29, 0.717) is 18.2 Å². The summed E-state index contributed by atoms with van der Waals surface area (Å²) >= 11 is -2.02. The molecule has 12 nitrogen and oxygen atoms in total. The van der Waals surface area contributed by atoms with E-state index in [4.69, 9.17) is 14.2 Å². The molecule has 4 fully saturated rings. The molecule has 0 aliphatic carbocycles. The average Bonchev–Trinajstić information content (AvgIpc) is 2.95. The Balaban J connectivity index is 0.998. The third kappa shape index (κ3) is 6.15. The Bertz CT molecular complexity index is 1290. The van der Waals surface area contributed by atoms with Crippen LogP contribution >= 0.6 is 0 Å². The first-order valence-corrected chi connectivity index (χ1v) is 15.5. The number of nitrogens with zero attached hydrogens (tertiary/aromatic N) is 6. The Hall–Kier alpha value is -2.75. The molecule has 2 aromatic rings. The van der Waals surface area contributed by atoms with Gasteiger partial charge in [0.25, 0.3) is 0 Å². The molecule has 1 spiro atoms. The van der Waals surface area contributed by atoms with Crippen molar-refractivity contribution in [2.45, 2.75) is 44.2 Å². The van der Waals surface area contributed by atoms with Crippen LogP contribution in [0, 0.1) is 11.2 Å². The number of hydrogen-bond donors (Lipinski definition) is 1. The van der Waals surface area contributed by atoms with Crippen molar-refractivity contribution in [1.29, 1.82) is 0 Å². The molecular formula is C28H37FN6O6S. The molecule has 1 unspecified atom stereocenters. The number of carbonyl (C=O) groups excluding carboxylic acids is 1. The lowest BCUT2D eigenvalue weighted by atomic mass is 9.72. The predicted octanol–water partition coefficient (Wildman–Crippen LogP) is 2.70. The SMILES string of the molecule is COC(=O)c1cc(F)ccc1Oc1cncnc1N1CC2(CCN(C[C@@H]3CC[C@@H](N(N4CCC4)S(=O)O)CO3)CC2)C1. The zero-order valence-corrected chi connectivity index (χ0v) is 24.5. The Morgan fingerprint density at radius 1 is 1.21 bits per heavy atom. The summed E-state index contributed by atoms with van der Waals surface area (Å²) in [6, 6.07) is 3.67. The van der Waals surface area contributed by atoms with Crippen LogP contribution < -0.4 is 9.64 Å². The predicted molar refractivity (Wildman–Crippen MR) is 152 cm³/mol. The number of rotatable bonds is 9. The number of methoxy groups -OCH3 is 1. The van der Waals surface area contributed by atoms with Gasteiger partial charge in [0, 0.05) is 38.1 Å². The van der Waals surface area contributed by atoms with E-state index >= 15 is 0 Å². The summed E-state index contributed by atoms with van der Waals surface area (Å²) in [5.41, 5.74) is 0.196. The lowest BCUT2D eigenvalue weighted by molar-refractivity contribution is -0.0996. The van der Waals surface area contributed by atoms with Gasteiger partial charge in [0.1, 0.15) is 23.5 Å². The van der Waals surface area contributed by atoms with E-state index in [1.54, 1.807) is 10.6 Å². The van der Waals surface area contributed by atoms with E-state index < -0.39 is 23.1 Å². The number of halogens is 1. The fourth-order valence-corrected chi connectivity index (χ4v) is 7.17. The van der Waals surface area contributed by atoms with Gasteiger partial charge >= 0.3 is 5.97 Å². The molecule has 0 amide bonds. The van der Waals surface area contributed by atoms with Crippen LogP contribution in [0.5, 0.6) is 11.5 Å². The first-order chi connectivity index (χ1) is 20.3. The first kappa shape index (κ1) is 29.3. The molecule has 42 heavy (non-hydrogen) atoms. The summed E-state index contributed by atoms with van der Waals surface area (Å²) in [6.45, 7) is 6.67. The lowest BCUT2D eigenvalue weighted by Crippen LogP contribution is -2.61. The molecule has 1 N–H and O–H groups in total. The smallest absolute Gasteiger partial charge is 0.341 e. The summed E-state index contributed by atoms with van der Waals surface area (Å²) in [4.78, 5) is 25.4. The number of esters is 1. The molecular weight excluding hydrogens is 567 g/mol. The highest BCUT2D eigenvalue weighted by atomic mass is 32.2. The van der Waals surface area contributed by atoms with Crippen molar-refractivity contribution in [3.05, 3.63) is 42.1 Å². The van der Waals surface area contributed by atoms with Gasteiger partial charge in [-0.25, -0.2) is 28.4 Å². The Labute approximate surface area is 247 Å². The second-order valence-corrected chi connectivity index (χ2v) is 12.5. The number of anilines is 1. The summed E-state index contributed by atoms with van der Waals surface area (Å²) < 4.78 is 54.0. The topological polar surface area (TPSA) is 121 Å². The van der Waals surface area contributed by atoms with E-state index in [1.165, 1.54) is 25.6 Å². The molecule has 14 heteroatoms. The maximum absolute atomic E-state index is 13.8. The number of piperidine rings is 1. The quantitative estimate of drug-likeness (QED) is 0.336. The highest BCUT2D eigenvalue weighted by Crippen LogP contribution is 2.45. The minimum Gasteiger partial charge on any atom is -0.465 e. The Morgan fingerprint density at radius 2 is 2.00 bits per heavy atom. The fourth-order valence-electron chi connectivity index (χ4n) is 6.39. The minimum absolute atomic E-state index is 0.00550. The van der Waals surface area contributed by atoms with Crippen molar-refractivity contribution in [3.8, 4) is 11.5 Å². The number of benzene rings is 1. The molecule has 0 radical (unpaired) electrons. The second kappa shape index (κ2) is 12.5. The van der Waals surface area contributed by atoms with Crippen molar-refractivity contribution in [2.75, 3.05) is 64.4 Å². The largest absolute Gasteiger partial charge is 0.465 e. The summed E-state index contributed by atoms with van der Waals surface area (Å²) in [7, 11) is 1.24. The Morgan fingerprint density at radius 3 is 2.64 bits per heavy atom. The molecule has 4 aliphatic heterocycles. The molecule has 3 atom stereocenters. The van der Waals surface area contributed by atoms with Crippen molar-refractivity contribution in [3.63, 3.8) is 0 Å². The minimum atomic E-state index is -2.02. The highest BCUT2D eigenvalue weighted by Gasteiger charge is 2.46. The van der Waals surface area contributed by atoms with E-state index in [0.717, 1.165) is 84.0 Å². The normalized spacial score (nSPS) is 25.1. The number of aromatic nitrogens is 2. The summed E-state index contributed by atoms with van der Waals surface area (Å²) in [5, 5.41) is 1.95. The van der Waals surface area contributed by atoms with Crippen LogP contribution in [0.15, 0.2) is 30.7 Å². The lowest BCUT2D eigenvalue weighted by Gasteiger charge is -2.54. The maximum Gasteiger partial charge on any atom is 0.341 e. The van der Waals surface area contributed by atoms with Gasteiger partial charge in [-0.15, -0.1) is 4.41 Å². The van der Waals surface area contributed by atoms with Gasteiger partial charge < -0.3 is 24.0 Å². The third-order valence-electron chi connectivity index (χ3n) is 8.89. The number of hydrazine groups is 1. The maximum atomic E-state index is 13.8. The number of carbonyl (C=O) groups is 1.